The molecule has 0 fully saturated rings. The van der Waals surface area contributed by atoms with Crippen molar-refractivity contribution >= 4 is 16.8 Å². The van der Waals surface area contributed by atoms with Crippen molar-refractivity contribution in [3.05, 3.63) is 58.7 Å². The molecule has 1 aliphatic rings. The highest BCUT2D eigenvalue weighted by atomic mass is 16.2. The zero-order chi connectivity index (χ0) is 17.0. The third-order valence-corrected chi connectivity index (χ3v) is 4.93. The predicted octanol–water partition coefficient (Wildman–Crippen LogP) is 4.03. The number of aromatic nitrogens is 1. The number of rotatable bonds is 3. The van der Waals surface area contributed by atoms with E-state index < -0.39 is 0 Å². The Balaban J connectivity index is 2.09. The smallest absolute Gasteiger partial charge is 0.263 e. The Bertz CT molecular complexity index is 979. The van der Waals surface area contributed by atoms with Crippen molar-refractivity contribution in [2.75, 3.05) is 20.6 Å². The SMILES string of the molecule is Cc1cc(C)c2c(c1)c(CCN(C)C)c1n2C(=O)c2ccccc2-1. The third-order valence-electron chi connectivity index (χ3n) is 4.93. The maximum absolute atomic E-state index is 13.0. The average molecular weight is 318 g/mol. The number of likely N-dealkylation sites (N-methyl/N-ethyl adjacent to an activating group) is 1. The van der Waals surface area contributed by atoms with Crippen LogP contribution in [0.1, 0.15) is 27.0 Å². The van der Waals surface area contributed by atoms with Crippen molar-refractivity contribution in [2.45, 2.75) is 20.3 Å². The molecule has 3 aromatic rings. The highest BCUT2D eigenvalue weighted by Gasteiger charge is 2.32. The van der Waals surface area contributed by atoms with Crippen molar-refractivity contribution in [3.8, 4) is 11.3 Å². The van der Waals surface area contributed by atoms with E-state index in [-0.39, 0.29) is 5.91 Å². The van der Waals surface area contributed by atoms with Gasteiger partial charge >= 0.3 is 0 Å². The van der Waals surface area contributed by atoms with Crippen LogP contribution in [0.25, 0.3) is 22.2 Å². The molecule has 0 saturated carbocycles. The minimum atomic E-state index is 0.105. The van der Waals surface area contributed by atoms with Gasteiger partial charge in [-0.15, -0.1) is 0 Å². The zero-order valence-corrected chi connectivity index (χ0v) is 14.7. The number of benzene rings is 2. The van der Waals surface area contributed by atoms with Crippen LogP contribution in [0.3, 0.4) is 0 Å². The number of aryl methyl sites for hydroxylation is 2. The fraction of sp³-hybridized carbons (Fsp3) is 0.286. The van der Waals surface area contributed by atoms with E-state index in [0.717, 1.165) is 35.3 Å². The van der Waals surface area contributed by atoms with E-state index in [1.165, 1.54) is 22.1 Å². The number of hydrogen-bond acceptors (Lipinski definition) is 2. The summed E-state index contributed by atoms with van der Waals surface area (Å²) in [5, 5.41) is 1.23. The molecule has 0 radical (unpaired) electrons. The number of hydrogen-bond donors (Lipinski definition) is 0. The Kier molecular flexibility index (Phi) is 3.36. The maximum atomic E-state index is 13.0. The van der Waals surface area contributed by atoms with Gasteiger partial charge in [0.1, 0.15) is 0 Å². The van der Waals surface area contributed by atoms with Gasteiger partial charge in [0.05, 0.1) is 11.2 Å². The molecule has 0 aliphatic carbocycles. The Labute approximate surface area is 142 Å². The lowest BCUT2D eigenvalue weighted by atomic mass is 9.98. The molecule has 0 spiro atoms. The largest absolute Gasteiger partial charge is 0.309 e. The summed E-state index contributed by atoms with van der Waals surface area (Å²) in [4.78, 5) is 15.2. The predicted molar refractivity (Wildman–Crippen MR) is 98.8 cm³/mol. The van der Waals surface area contributed by atoms with Gasteiger partial charge < -0.3 is 4.90 Å². The molecule has 3 heteroatoms. The van der Waals surface area contributed by atoms with E-state index in [0.29, 0.717) is 0 Å². The average Bonchev–Trinajstić information content (AvgIpc) is 3.00. The van der Waals surface area contributed by atoms with E-state index in [2.05, 4.69) is 51.0 Å². The Morgan fingerprint density at radius 1 is 1.04 bits per heavy atom. The van der Waals surface area contributed by atoms with Crippen molar-refractivity contribution in [1.29, 1.82) is 0 Å². The lowest BCUT2D eigenvalue weighted by Crippen LogP contribution is -2.15. The van der Waals surface area contributed by atoms with Crippen LogP contribution in [0.2, 0.25) is 0 Å². The Hall–Kier alpha value is -2.39. The van der Waals surface area contributed by atoms with Gasteiger partial charge in [0, 0.05) is 23.1 Å². The van der Waals surface area contributed by atoms with Crippen molar-refractivity contribution in [1.82, 2.24) is 9.47 Å². The second-order valence-corrected chi connectivity index (χ2v) is 7.04. The van der Waals surface area contributed by atoms with Crippen LogP contribution >= 0.6 is 0 Å². The Morgan fingerprint density at radius 3 is 2.46 bits per heavy atom. The lowest BCUT2D eigenvalue weighted by molar-refractivity contribution is 0.0973. The molecule has 1 aromatic heterocycles. The van der Waals surface area contributed by atoms with Gasteiger partial charge in [0.15, 0.2) is 0 Å². The topological polar surface area (TPSA) is 25.2 Å². The molecule has 122 valence electrons. The van der Waals surface area contributed by atoms with Gasteiger partial charge in [-0.1, -0.05) is 29.8 Å². The van der Waals surface area contributed by atoms with Crippen molar-refractivity contribution < 1.29 is 4.79 Å². The normalized spacial score (nSPS) is 13.0. The van der Waals surface area contributed by atoms with Gasteiger partial charge in [-0.3, -0.25) is 9.36 Å². The van der Waals surface area contributed by atoms with Crippen LogP contribution in [0.4, 0.5) is 0 Å². The van der Waals surface area contributed by atoms with E-state index in [4.69, 9.17) is 0 Å². The summed E-state index contributed by atoms with van der Waals surface area (Å²) in [7, 11) is 4.18. The molecule has 4 rings (SSSR count). The van der Waals surface area contributed by atoms with Crippen LogP contribution in [0, 0.1) is 13.8 Å². The summed E-state index contributed by atoms with van der Waals surface area (Å²) in [6, 6.07) is 12.4. The van der Waals surface area contributed by atoms with Gasteiger partial charge in [-0.2, -0.15) is 0 Å². The van der Waals surface area contributed by atoms with Crippen LogP contribution in [0.5, 0.6) is 0 Å². The molecule has 1 aliphatic heterocycles. The van der Waals surface area contributed by atoms with Crippen molar-refractivity contribution in [3.63, 3.8) is 0 Å². The number of fused-ring (bicyclic) bond motifs is 5. The highest BCUT2D eigenvalue weighted by molar-refractivity contribution is 6.16. The monoisotopic (exact) mass is 318 g/mol. The Morgan fingerprint density at radius 2 is 1.75 bits per heavy atom. The molecule has 0 unspecified atom stereocenters. The fourth-order valence-electron chi connectivity index (χ4n) is 3.93. The summed E-state index contributed by atoms with van der Waals surface area (Å²) in [6.07, 6.45) is 0.941. The molecule has 2 heterocycles. The first-order valence-electron chi connectivity index (χ1n) is 8.42. The molecule has 0 bridgehead atoms. The summed E-state index contributed by atoms with van der Waals surface area (Å²) >= 11 is 0. The van der Waals surface area contributed by atoms with E-state index >= 15 is 0 Å². The first kappa shape index (κ1) is 15.2. The van der Waals surface area contributed by atoms with Gasteiger partial charge in [-0.05, 0) is 57.6 Å². The molecule has 3 nitrogen and oxygen atoms in total. The van der Waals surface area contributed by atoms with Gasteiger partial charge in [0.25, 0.3) is 5.91 Å². The molecule has 24 heavy (non-hydrogen) atoms. The zero-order valence-electron chi connectivity index (χ0n) is 14.7. The van der Waals surface area contributed by atoms with E-state index in [9.17, 15) is 4.79 Å². The molecule has 0 N–H and O–H groups in total. The number of nitrogens with zero attached hydrogens (tertiary/aromatic N) is 2. The summed E-state index contributed by atoms with van der Waals surface area (Å²) in [5.74, 6) is 0.105. The van der Waals surface area contributed by atoms with Gasteiger partial charge in [-0.25, -0.2) is 0 Å². The highest BCUT2D eigenvalue weighted by Crippen LogP contribution is 2.42. The second kappa shape index (κ2) is 5.32. The van der Waals surface area contributed by atoms with E-state index in [1.807, 2.05) is 22.8 Å². The molecular weight excluding hydrogens is 296 g/mol. The molecule has 0 atom stereocenters. The number of carbonyl (C=O) groups is 1. The minimum absolute atomic E-state index is 0.105. The summed E-state index contributed by atoms with van der Waals surface area (Å²) < 4.78 is 1.94. The third kappa shape index (κ3) is 2.05. The molecule has 0 saturated heterocycles. The number of carbonyl (C=O) groups excluding carboxylic acids is 1. The molecule has 2 aromatic carbocycles. The summed E-state index contributed by atoms with van der Waals surface area (Å²) in [5.41, 5.74) is 7.78. The first-order valence-corrected chi connectivity index (χ1v) is 8.42. The second-order valence-electron chi connectivity index (χ2n) is 7.04. The lowest BCUT2D eigenvalue weighted by Gasteiger charge is -2.10. The van der Waals surface area contributed by atoms with Crippen molar-refractivity contribution in [2.24, 2.45) is 0 Å². The molecule has 0 amide bonds. The molecular formula is C21H22N2O. The maximum Gasteiger partial charge on any atom is 0.263 e. The standard InChI is InChI=1S/C21H22N2O/c1-13-11-14(2)19-18(12-13)16(9-10-22(3)4)20-15-7-5-6-8-17(15)21(24)23(19)20/h5-8,11-12H,9-10H2,1-4H3. The fourth-order valence-corrected chi connectivity index (χ4v) is 3.93. The minimum Gasteiger partial charge on any atom is -0.309 e. The van der Waals surface area contributed by atoms with Gasteiger partial charge in [0.2, 0.25) is 0 Å². The first-order chi connectivity index (χ1) is 11.5. The van der Waals surface area contributed by atoms with Crippen LogP contribution in [-0.4, -0.2) is 36.0 Å². The van der Waals surface area contributed by atoms with Crippen LogP contribution < -0.4 is 0 Å². The quantitative estimate of drug-likeness (QED) is 0.570. The van der Waals surface area contributed by atoms with Crippen LogP contribution in [0.15, 0.2) is 36.4 Å². The van der Waals surface area contributed by atoms with Crippen LogP contribution in [-0.2, 0) is 6.42 Å². The van der Waals surface area contributed by atoms with E-state index in [1.54, 1.807) is 0 Å². The summed E-state index contributed by atoms with van der Waals surface area (Å²) in [6.45, 7) is 5.20.